The van der Waals surface area contributed by atoms with Crippen molar-refractivity contribution in [1.29, 1.82) is 0 Å². The molecule has 0 aliphatic carbocycles. The van der Waals surface area contributed by atoms with E-state index in [-0.39, 0.29) is 11.9 Å². The standard InChI is InChI=1S/C31H29N5O/c1-22(2)35-30-28-17-26(13-14-29(28)33-21-34-30)25-11-6-10-24(16-25)20-36(19-23-8-4-3-5-9-23)31(37)27-12-7-15-32-18-27/h3-18,21-22H,19-20H2,1-2H3,(H,33,34,35). The van der Waals surface area contributed by atoms with Gasteiger partial charge < -0.3 is 10.2 Å². The average molecular weight is 488 g/mol. The highest BCUT2D eigenvalue weighted by Crippen LogP contribution is 2.28. The number of hydrogen-bond acceptors (Lipinski definition) is 5. The molecule has 6 heteroatoms. The summed E-state index contributed by atoms with van der Waals surface area (Å²) in [7, 11) is 0. The third kappa shape index (κ3) is 5.81. The second kappa shape index (κ2) is 11.0. The number of nitrogens with zero attached hydrogens (tertiary/aromatic N) is 4. The summed E-state index contributed by atoms with van der Waals surface area (Å²) >= 11 is 0. The summed E-state index contributed by atoms with van der Waals surface area (Å²) in [5.74, 6) is 0.781. The van der Waals surface area contributed by atoms with Crippen molar-refractivity contribution in [2.45, 2.75) is 33.0 Å². The fourth-order valence-electron chi connectivity index (χ4n) is 4.37. The van der Waals surface area contributed by atoms with Gasteiger partial charge in [-0.05, 0) is 66.4 Å². The van der Waals surface area contributed by atoms with Gasteiger partial charge in [-0.2, -0.15) is 0 Å². The van der Waals surface area contributed by atoms with Gasteiger partial charge >= 0.3 is 0 Å². The van der Waals surface area contributed by atoms with Crippen molar-refractivity contribution in [3.8, 4) is 11.1 Å². The quantitative estimate of drug-likeness (QED) is 0.276. The lowest BCUT2D eigenvalue weighted by Gasteiger charge is -2.23. The van der Waals surface area contributed by atoms with Gasteiger partial charge in [0.05, 0.1) is 11.1 Å². The van der Waals surface area contributed by atoms with Crippen LogP contribution < -0.4 is 5.32 Å². The molecule has 0 saturated carbocycles. The molecule has 5 aromatic rings. The molecular weight excluding hydrogens is 458 g/mol. The van der Waals surface area contributed by atoms with E-state index in [0.29, 0.717) is 18.7 Å². The Balaban J connectivity index is 1.46. The van der Waals surface area contributed by atoms with Crippen LogP contribution in [0.1, 0.15) is 35.3 Å². The maximum absolute atomic E-state index is 13.4. The summed E-state index contributed by atoms with van der Waals surface area (Å²) in [6.07, 6.45) is 4.89. The number of nitrogens with one attached hydrogen (secondary N) is 1. The SMILES string of the molecule is CC(C)Nc1ncnc2ccc(-c3cccc(CN(Cc4ccccc4)C(=O)c4cccnc4)c3)cc12. The summed E-state index contributed by atoms with van der Waals surface area (Å²) in [5, 5.41) is 4.40. The first-order valence-corrected chi connectivity index (χ1v) is 12.4. The number of rotatable bonds is 8. The summed E-state index contributed by atoms with van der Waals surface area (Å²) in [6.45, 7) is 5.17. The first-order valence-electron chi connectivity index (χ1n) is 12.4. The van der Waals surface area contributed by atoms with Crippen LogP contribution >= 0.6 is 0 Å². The summed E-state index contributed by atoms with van der Waals surface area (Å²) in [4.78, 5) is 28.3. The molecule has 1 N–H and O–H groups in total. The van der Waals surface area contributed by atoms with E-state index >= 15 is 0 Å². The molecule has 1 amide bonds. The number of fused-ring (bicyclic) bond motifs is 1. The Labute approximate surface area is 217 Å². The topological polar surface area (TPSA) is 71.0 Å². The van der Waals surface area contributed by atoms with Gasteiger partial charge in [-0.3, -0.25) is 9.78 Å². The van der Waals surface area contributed by atoms with Crippen LogP contribution in [-0.4, -0.2) is 31.8 Å². The number of pyridine rings is 1. The zero-order valence-corrected chi connectivity index (χ0v) is 21.0. The van der Waals surface area contributed by atoms with Crippen LogP contribution in [0.2, 0.25) is 0 Å². The van der Waals surface area contributed by atoms with Gasteiger partial charge in [0, 0.05) is 36.9 Å². The summed E-state index contributed by atoms with van der Waals surface area (Å²) < 4.78 is 0. The Morgan fingerprint density at radius 1 is 0.838 bits per heavy atom. The number of amides is 1. The number of carbonyl (C=O) groups excluding carboxylic acids is 1. The van der Waals surface area contributed by atoms with Gasteiger partial charge in [0.1, 0.15) is 12.1 Å². The second-order valence-corrected chi connectivity index (χ2v) is 9.34. The van der Waals surface area contributed by atoms with Crippen LogP contribution in [0.5, 0.6) is 0 Å². The molecule has 0 aliphatic heterocycles. The smallest absolute Gasteiger partial charge is 0.256 e. The van der Waals surface area contributed by atoms with Crippen molar-refractivity contribution in [3.63, 3.8) is 0 Å². The van der Waals surface area contributed by atoms with E-state index in [0.717, 1.165) is 39.0 Å². The third-order valence-electron chi connectivity index (χ3n) is 6.11. The predicted molar refractivity (Wildman–Crippen MR) is 148 cm³/mol. The molecule has 0 unspecified atom stereocenters. The highest BCUT2D eigenvalue weighted by molar-refractivity contribution is 5.94. The van der Waals surface area contributed by atoms with Crippen LogP contribution in [0, 0.1) is 0 Å². The van der Waals surface area contributed by atoms with Crippen molar-refractivity contribution < 1.29 is 4.79 Å². The van der Waals surface area contributed by atoms with E-state index in [1.807, 2.05) is 53.4 Å². The molecule has 3 aromatic carbocycles. The van der Waals surface area contributed by atoms with E-state index in [1.165, 1.54) is 0 Å². The molecule has 37 heavy (non-hydrogen) atoms. The lowest BCUT2D eigenvalue weighted by Crippen LogP contribution is -2.30. The summed E-state index contributed by atoms with van der Waals surface area (Å²) in [5.41, 5.74) is 5.76. The first kappa shape index (κ1) is 24.1. The Hall–Kier alpha value is -4.58. The number of carbonyl (C=O) groups is 1. The van der Waals surface area contributed by atoms with Crippen molar-refractivity contribution in [1.82, 2.24) is 19.9 Å². The fraction of sp³-hybridized carbons (Fsp3) is 0.161. The van der Waals surface area contributed by atoms with E-state index in [2.05, 4.69) is 64.4 Å². The molecule has 0 saturated heterocycles. The largest absolute Gasteiger partial charge is 0.367 e. The fourth-order valence-corrected chi connectivity index (χ4v) is 4.37. The molecule has 0 atom stereocenters. The van der Waals surface area contributed by atoms with Crippen molar-refractivity contribution in [3.05, 3.63) is 120 Å². The second-order valence-electron chi connectivity index (χ2n) is 9.34. The van der Waals surface area contributed by atoms with E-state index < -0.39 is 0 Å². The van der Waals surface area contributed by atoms with E-state index in [1.54, 1.807) is 24.8 Å². The van der Waals surface area contributed by atoms with Crippen molar-refractivity contribution in [2.75, 3.05) is 5.32 Å². The Kier molecular flexibility index (Phi) is 7.17. The molecule has 0 aliphatic rings. The average Bonchev–Trinajstić information content (AvgIpc) is 2.93. The molecule has 5 rings (SSSR count). The maximum atomic E-state index is 13.4. The van der Waals surface area contributed by atoms with Crippen LogP contribution in [0.4, 0.5) is 5.82 Å². The Morgan fingerprint density at radius 3 is 2.41 bits per heavy atom. The molecule has 6 nitrogen and oxygen atoms in total. The normalized spacial score (nSPS) is 11.0. The minimum Gasteiger partial charge on any atom is -0.367 e. The van der Waals surface area contributed by atoms with Gasteiger partial charge in [-0.1, -0.05) is 54.6 Å². The van der Waals surface area contributed by atoms with Crippen molar-refractivity contribution in [2.24, 2.45) is 0 Å². The molecule has 2 heterocycles. The third-order valence-corrected chi connectivity index (χ3v) is 6.11. The van der Waals surface area contributed by atoms with Crippen LogP contribution in [0.25, 0.3) is 22.0 Å². The van der Waals surface area contributed by atoms with Gasteiger partial charge in [0.15, 0.2) is 0 Å². The van der Waals surface area contributed by atoms with Gasteiger partial charge in [0.25, 0.3) is 5.91 Å². The monoisotopic (exact) mass is 487 g/mol. The zero-order valence-electron chi connectivity index (χ0n) is 21.0. The Bertz CT molecular complexity index is 1500. The number of hydrogen-bond donors (Lipinski definition) is 1. The summed E-state index contributed by atoms with van der Waals surface area (Å²) in [6, 6.07) is 28.5. The molecule has 0 radical (unpaired) electrons. The van der Waals surface area contributed by atoms with Crippen LogP contribution in [0.3, 0.4) is 0 Å². The van der Waals surface area contributed by atoms with Crippen molar-refractivity contribution >= 4 is 22.6 Å². The lowest BCUT2D eigenvalue weighted by atomic mass is 10.0. The van der Waals surface area contributed by atoms with Gasteiger partial charge in [-0.25, -0.2) is 9.97 Å². The predicted octanol–water partition coefficient (Wildman–Crippen LogP) is 6.35. The number of benzene rings is 3. The molecule has 2 aromatic heterocycles. The highest BCUT2D eigenvalue weighted by Gasteiger charge is 2.17. The van der Waals surface area contributed by atoms with Crippen LogP contribution in [0.15, 0.2) is 104 Å². The minimum absolute atomic E-state index is 0.0467. The van der Waals surface area contributed by atoms with Crippen LogP contribution in [-0.2, 0) is 13.1 Å². The molecule has 0 bridgehead atoms. The molecule has 0 spiro atoms. The van der Waals surface area contributed by atoms with Gasteiger partial charge in [-0.15, -0.1) is 0 Å². The molecule has 0 fully saturated rings. The molecule has 184 valence electrons. The maximum Gasteiger partial charge on any atom is 0.256 e. The van der Waals surface area contributed by atoms with E-state index in [9.17, 15) is 4.79 Å². The number of anilines is 1. The minimum atomic E-state index is -0.0467. The van der Waals surface area contributed by atoms with E-state index in [4.69, 9.17) is 0 Å². The Morgan fingerprint density at radius 2 is 1.62 bits per heavy atom. The highest BCUT2D eigenvalue weighted by atomic mass is 16.2. The first-order chi connectivity index (χ1) is 18.1. The number of aromatic nitrogens is 3. The molecular formula is C31H29N5O. The van der Waals surface area contributed by atoms with Gasteiger partial charge in [0.2, 0.25) is 0 Å². The lowest BCUT2D eigenvalue weighted by molar-refractivity contribution is 0.0729. The zero-order chi connectivity index (χ0) is 25.6.